The number of nitrogens with two attached hydrogens (primary N) is 2. The molecule has 0 aromatic heterocycles. The molecule has 0 spiro atoms. The molecule has 0 aliphatic rings. The van der Waals surface area contributed by atoms with Crippen LogP contribution in [-0.4, -0.2) is 43.7 Å². The van der Waals surface area contributed by atoms with Gasteiger partial charge in [0.2, 0.25) is 0 Å². The third kappa shape index (κ3) is 11.8. The zero-order valence-electron chi connectivity index (χ0n) is 10.0. The van der Waals surface area contributed by atoms with E-state index in [4.69, 9.17) is 11.6 Å². The Morgan fingerprint density at radius 2 is 1.81 bits per heavy atom. The Morgan fingerprint density at radius 1 is 1.19 bits per heavy atom. The van der Waals surface area contributed by atoms with Gasteiger partial charge < -0.3 is 11.1 Å². The van der Waals surface area contributed by atoms with E-state index >= 15 is 0 Å². The molecule has 0 aliphatic carbocycles. The fourth-order valence-electron chi connectivity index (χ4n) is 1.35. The Morgan fingerprint density at radius 3 is 2.38 bits per heavy atom. The van der Waals surface area contributed by atoms with Crippen molar-refractivity contribution in [1.82, 2.24) is 10.3 Å². The molecule has 0 aromatic rings. The van der Waals surface area contributed by atoms with Crippen molar-refractivity contribution in [3.8, 4) is 0 Å². The molecule has 16 heavy (non-hydrogen) atoms. The van der Waals surface area contributed by atoms with Gasteiger partial charge in [0.1, 0.15) is 0 Å². The summed E-state index contributed by atoms with van der Waals surface area (Å²) in [7, 11) is 0. The summed E-state index contributed by atoms with van der Waals surface area (Å²) in [5.74, 6) is 2.72. The summed E-state index contributed by atoms with van der Waals surface area (Å²) < 4.78 is 25.1. The van der Waals surface area contributed by atoms with Gasteiger partial charge in [-0.2, -0.15) is 0 Å². The lowest BCUT2D eigenvalue weighted by molar-refractivity contribution is -0.0150. The number of hydrogen-bond acceptors (Lipinski definition) is 4. The minimum absolute atomic E-state index is 0.381. The van der Waals surface area contributed by atoms with E-state index in [9.17, 15) is 8.78 Å². The van der Waals surface area contributed by atoms with E-state index in [1.165, 1.54) is 5.01 Å². The van der Waals surface area contributed by atoms with Crippen molar-refractivity contribution < 1.29 is 8.78 Å². The molecular weight excluding hydrogens is 214 g/mol. The molecule has 0 aromatic carbocycles. The van der Waals surface area contributed by atoms with Gasteiger partial charge in [-0.25, -0.2) is 13.8 Å². The van der Waals surface area contributed by atoms with Gasteiger partial charge in [0, 0.05) is 13.5 Å². The average Bonchev–Trinajstić information content (AvgIpc) is 2.13. The van der Waals surface area contributed by atoms with Crippen LogP contribution >= 0.6 is 0 Å². The van der Waals surface area contributed by atoms with E-state index < -0.39 is 5.92 Å². The molecule has 0 atom stereocenters. The van der Waals surface area contributed by atoms with Crippen LogP contribution in [0.4, 0.5) is 8.78 Å². The highest BCUT2D eigenvalue weighted by atomic mass is 19.3. The highest BCUT2D eigenvalue weighted by molar-refractivity contribution is 4.63. The van der Waals surface area contributed by atoms with E-state index in [0.29, 0.717) is 13.1 Å². The smallest absolute Gasteiger partial charge is 0.259 e. The number of rotatable bonds is 10. The standard InChI is InChI=1S/C10H24F2N4/c1-10(11,12)9-16(14)8-3-2-6-15-7-4-5-13/h15H,2-9,13-14H2,1H3. The zero-order valence-corrected chi connectivity index (χ0v) is 10.0. The number of nitrogens with zero attached hydrogens (tertiary/aromatic N) is 1. The molecule has 0 heterocycles. The molecule has 0 fully saturated rings. The molecule has 4 nitrogen and oxygen atoms in total. The van der Waals surface area contributed by atoms with Crippen LogP contribution in [0.5, 0.6) is 0 Å². The number of alkyl halides is 2. The minimum atomic E-state index is -2.71. The zero-order chi connectivity index (χ0) is 12.4. The van der Waals surface area contributed by atoms with E-state index in [0.717, 1.165) is 39.3 Å². The monoisotopic (exact) mass is 238 g/mol. The predicted octanol–water partition coefficient (Wildman–Crippen LogP) is 0.536. The van der Waals surface area contributed by atoms with Crippen LogP contribution in [0.25, 0.3) is 0 Å². The molecule has 6 heteroatoms. The predicted molar refractivity (Wildman–Crippen MR) is 62.2 cm³/mol. The highest BCUT2D eigenvalue weighted by Gasteiger charge is 2.23. The van der Waals surface area contributed by atoms with Crippen LogP contribution in [0.2, 0.25) is 0 Å². The van der Waals surface area contributed by atoms with E-state index in [-0.39, 0.29) is 6.54 Å². The number of hydrogen-bond donors (Lipinski definition) is 3. The van der Waals surface area contributed by atoms with Gasteiger partial charge in [-0.05, 0) is 38.9 Å². The van der Waals surface area contributed by atoms with Gasteiger partial charge >= 0.3 is 0 Å². The third-order valence-electron chi connectivity index (χ3n) is 2.09. The summed E-state index contributed by atoms with van der Waals surface area (Å²) >= 11 is 0. The van der Waals surface area contributed by atoms with Crippen molar-refractivity contribution >= 4 is 0 Å². The first-order chi connectivity index (χ1) is 7.45. The Kier molecular flexibility index (Phi) is 8.64. The first-order valence-corrected chi connectivity index (χ1v) is 5.74. The second kappa shape index (κ2) is 8.81. The second-order valence-corrected chi connectivity index (χ2v) is 4.14. The summed E-state index contributed by atoms with van der Waals surface area (Å²) in [5.41, 5.74) is 5.33. The summed E-state index contributed by atoms with van der Waals surface area (Å²) in [6, 6.07) is 0. The van der Waals surface area contributed by atoms with E-state index in [2.05, 4.69) is 5.32 Å². The number of hydrazine groups is 1. The molecule has 0 bridgehead atoms. The van der Waals surface area contributed by atoms with Gasteiger partial charge in [0.15, 0.2) is 0 Å². The van der Waals surface area contributed by atoms with Crippen LogP contribution in [0.1, 0.15) is 26.2 Å². The molecule has 0 radical (unpaired) electrons. The molecule has 0 saturated carbocycles. The van der Waals surface area contributed by atoms with Crippen LogP contribution in [-0.2, 0) is 0 Å². The quantitative estimate of drug-likeness (QED) is 0.295. The van der Waals surface area contributed by atoms with E-state index in [1.807, 2.05) is 0 Å². The van der Waals surface area contributed by atoms with E-state index in [1.54, 1.807) is 0 Å². The molecule has 0 unspecified atom stereocenters. The van der Waals surface area contributed by atoms with Crippen molar-refractivity contribution in [2.24, 2.45) is 11.6 Å². The largest absolute Gasteiger partial charge is 0.330 e. The summed E-state index contributed by atoms with van der Waals surface area (Å²) in [5, 5.41) is 4.40. The Hall–Kier alpha value is -0.300. The lowest BCUT2D eigenvalue weighted by Gasteiger charge is -2.20. The van der Waals surface area contributed by atoms with Gasteiger partial charge in [0.05, 0.1) is 6.54 Å². The summed E-state index contributed by atoms with van der Waals surface area (Å²) in [4.78, 5) is 0. The van der Waals surface area contributed by atoms with Crippen molar-refractivity contribution in [3.63, 3.8) is 0 Å². The number of halogens is 2. The van der Waals surface area contributed by atoms with Crippen molar-refractivity contribution in [3.05, 3.63) is 0 Å². The number of unbranched alkanes of at least 4 members (excludes halogenated alkanes) is 1. The fraction of sp³-hybridized carbons (Fsp3) is 1.00. The first-order valence-electron chi connectivity index (χ1n) is 5.74. The van der Waals surface area contributed by atoms with Crippen molar-refractivity contribution in [2.45, 2.75) is 32.1 Å². The molecule has 0 amide bonds. The van der Waals surface area contributed by atoms with Gasteiger partial charge in [0.25, 0.3) is 5.92 Å². The molecular formula is C10H24F2N4. The highest BCUT2D eigenvalue weighted by Crippen LogP contribution is 2.11. The van der Waals surface area contributed by atoms with Crippen LogP contribution < -0.4 is 16.9 Å². The Labute approximate surface area is 96.3 Å². The fourth-order valence-corrected chi connectivity index (χ4v) is 1.35. The SMILES string of the molecule is CC(F)(F)CN(N)CCCCNCCCN. The molecule has 0 saturated heterocycles. The Bertz CT molecular complexity index is 161. The number of nitrogens with one attached hydrogen (secondary N) is 1. The lowest BCUT2D eigenvalue weighted by Crippen LogP contribution is -2.40. The molecule has 5 N–H and O–H groups in total. The normalized spacial score (nSPS) is 12.4. The Balaban J connectivity index is 3.25. The third-order valence-corrected chi connectivity index (χ3v) is 2.09. The lowest BCUT2D eigenvalue weighted by atomic mass is 10.3. The molecule has 0 rings (SSSR count). The van der Waals surface area contributed by atoms with Crippen molar-refractivity contribution in [1.29, 1.82) is 0 Å². The molecule has 98 valence electrons. The molecule has 0 aliphatic heterocycles. The second-order valence-electron chi connectivity index (χ2n) is 4.14. The maximum atomic E-state index is 12.5. The van der Waals surface area contributed by atoms with Crippen LogP contribution in [0.15, 0.2) is 0 Å². The van der Waals surface area contributed by atoms with Crippen LogP contribution in [0, 0.1) is 0 Å². The topological polar surface area (TPSA) is 67.3 Å². The first kappa shape index (κ1) is 15.7. The van der Waals surface area contributed by atoms with Gasteiger partial charge in [-0.15, -0.1) is 0 Å². The van der Waals surface area contributed by atoms with Gasteiger partial charge in [-0.1, -0.05) is 0 Å². The van der Waals surface area contributed by atoms with Gasteiger partial charge in [-0.3, -0.25) is 5.84 Å². The summed E-state index contributed by atoms with van der Waals surface area (Å²) in [6.07, 6.45) is 2.72. The minimum Gasteiger partial charge on any atom is -0.330 e. The van der Waals surface area contributed by atoms with Crippen LogP contribution in [0.3, 0.4) is 0 Å². The maximum absolute atomic E-state index is 12.5. The average molecular weight is 238 g/mol. The maximum Gasteiger partial charge on any atom is 0.259 e. The van der Waals surface area contributed by atoms with Crippen molar-refractivity contribution in [2.75, 3.05) is 32.7 Å². The summed E-state index contributed by atoms with van der Waals surface area (Å²) in [6.45, 7) is 3.48.